The number of rotatable bonds is 3. The van der Waals surface area contributed by atoms with Crippen LogP contribution in [0.15, 0.2) is 16.6 Å². The molecule has 2 rings (SSSR count). The first kappa shape index (κ1) is 13.9. The minimum absolute atomic E-state index is 0.337. The average molecular weight is 327 g/mol. The van der Waals surface area contributed by atoms with E-state index in [1.165, 1.54) is 6.07 Å². The summed E-state index contributed by atoms with van der Waals surface area (Å²) in [6.07, 6.45) is 0. The van der Waals surface area contributed by atoms with E-state index in [1.807, 2.05) is 25.6 Å². The first-order chi connectivity index (χ1) is 8.90. The van der Waals surface area contributed by atoms with Crippen LogP contribution in [0.1, 0.15) is 17.0 Å². The lowest BCUT2D eigenvalue weighted by Gasteiger charge is -2.10. The second-order valence-corrected chi connectivity index (χ2v) is 5.33. The van der Waals surface area contributed by atoms with Crippen molar-refractivity contribution in [2.45, 2.75) is 20.4 Å². The Morgan fingerprint density at radius 2 is 2.11 bits per heavy atom. The van der Waals surface area contributed by atoms with Crippen LogP contribution in [0.5, 0.6) is 0 Å². The summed E-state index contributed by atoms with van der Waals surface area (Å²) in [4.78, 5) is 0. The lowest BCUT2D eigenvalue weighted by atomic mass is 10.2. The van der Waals surface area contributed by atoms with Crippen molar-refractivity contribution in [2.75, 3.05) is 11.1 Å². The molecule has 0 atom stereocenters. The molecular formula is C13H16BrFN4. The van der Waals surface area contributed by atoms with E-state index in [4.69, 9.17) is 5.73 Å². The Morgan fingerprint density at radius 3 is 2.68 bits per heavy atom. The van der Waals surface area contributed by atoms with Gasteiger partial charge in [-0.15, -0.1) is 0 Å². The van der Waals surface area contributed by atoms with Crippen LogP contribution in [0.4, 0.5) is 15.8 Å². The molecule has 0 aliphatic carbocycles. The van der Waals surface area contributed by atoms with E-state index in [2.05, 4.69) is 26.3 Å². The van der Waals surface area contributed by atoms with Gasteiger partial charge in [0.25, 0.3) is 0 Å². The zero-order valence-corrected chi connectivity index (χ0v) is 12.7. The molecule has 1 aromatic heterocycles. The van der Waals surface area contributed by atoms with Gasteiger partial charge in [0.1, 0.15) is 5.82 Å². The third-order valence-electron chi connectivity index (χ3n) is 3.21. The first-order valence-corrected chi connectivity index (χ1v) is 6.67. The highest BCUT2D eigenvalue weighted by atomic mass is 79.9. The van der Waals surface area contributed by atoms with E-state index in [9.17, 15) is 4.39 Å². The van der Waals surface area contributed by atoms with E-state index in [0.29, 0.717) is 22.4 Å². The van der Waals surface area contributed by atoms with Crippen LogP contribution >= 0.6 is 15.9 Å². The molecule has 0 saturated carbocycles. The number of benzene rings is 1. The molecule has 2 aromatic rings. The van der Waals surface area contributed by atoms with Gasteiger partial charge in [-0.3, -0.25) is 4.68 Å². The van der Waals surface area contributed by atoms with Gasteiger partial charge >= 0.3 is 0 Å². The maximum Gasteiger partial charge on any atom is 0.139 e. The SMILES string of the molecule is Cc1nn(C)c(C)c1CNc1cc(F)c(Br)cc1N. The van der Waals surface area contributed by atoms with Crippen molar-refractivity contribution in [3.63, 3.8) is 0 Å². The molecule has 0 saturated heterocycles. The third-order valence-corrected chi connectivity index (χ3v) is 3.81. The van der Waals surface area contributed by atoms with Gasteiger partial charge in [-0.25, -0.2) is 4.39 Å². The Labute approximate surface area is 119 Å². The van der Waals surface area contributed by atoms with Crippen molar-refractivity contribution in [2.24, 2.45) is 7.05 Å². The number of nitrogens with one attached hydrogen (secondary N) is 1. The molecular weight excluding hydrogens is 311 g/mol. The number of nitrogens with zero attached hydrogens (tertiary/aromatic N) is 2. The molecule has 102 valence electrons. The number of aryl methyl sites for hydroxylation is 2. The number of nitrogen functional groups attached to an aromatic ring is 1. The Bertz CT molecular complexity index is 622. The molecule has 0 bridgehead atoms. The van der Waals surface area contributed by atoms with Crippen molar-refractivity contribution >= 4 is 27.3 Å². The number of hydrogen-bond donors (Lipinski definition) is 2. The predicted octanol–water partition coefficient (Wildman–Crippen LogP) is 3.13. The molecule has 3 N–H and O–H groups in total. The fourth-order valence-corrected chi connectivity index (χ4v) is 2.33. The fourth-order valence-electron chi connectivity index (χ4n) is 1.97. The first-order valence-electron chi connectivity index (χ1n) is 5.87. The maximum absolute atomic E-state index is 13.5. The third kappa shape index (κ3) is 2.73. The Hall–Kier alpha value is -1.56. The molecule has 1 aromatic carbocycles. The van der Waals surface area contributed by atoms with E-state index >= 15 is 0 Å². The van der Waals surface area contributed by atoms with Gasteiger partial charge in [-0.05, 0) is 35.8 Å². The molecule has 0 unspecified atom stereocenters. The van der Waals surface area contributed by atoms with Crippen LogP contribution in [0.25, 0.3) is 0 Å². The molecule has 4 nitrogen and oxygen atoms in total. The predicted molar refractivity (Wildman–Crippen MR) is 78.5 cm³/mol. The van der Waals surface area contributed by atoms with Gasteiger partial charge in [-0.1, -0.05) is 0 Å². The van der Waals surface area contributed by atoms with Gasteiger partial charge in [-0.2, -0.15) is 5.10 Å². The zero-order chi connectivity index (χ0) is 14.2. The van der Waals surface area contributed by atoms with E-state index in [1.54, 1.807) is 6.07 Å². The summed E-state index contributed by atoms with van der Waals surface area (Å²) < 4.78 is 15.7. The van der Waals surface area contributed by atoms with Gasteiger partial charge in [0, 0.05) is 30.9 Å². The van der Waals surface area contributed by atoms with Gasteiger partial charge in [0.05, 0.1) is 21.5 Å². The highest BCUT2D eigenvalue weighted by Crippen LogP contribution is 2.27. The molecule has 0 radical (unpaired) electrons. The molecule has 6 heteroatoms. The van der Waals surface area contributed by atoms with E-state index < -0.39 is 0 Å². The lowest BCUT2D eigenvalue weighted by molar-refractivity contribution is 0.622. The highest BCUT2D eigenvalue weighted by molar-refractivity contribution is 9.10. The number of aromatic nitrogens is 2. The number of hydrogen-bond acceptors (Lipinski definition) is 3. The van der Waals surface area contributed by atoms with Crippen LogP contribution in [0, 0.1) is 19.7 Å². The fraction of sp³-hybridized carbons (Fsp3) is 0.308. The zero-order valence-electron chi connectivity index (χ0n) is 11.1. The standard InChI is InChI=1S/C13H16BrFN4/c1-7-9(8(2)19(3)18-7)6-17-13-5-11(15)10(14)4-12(13)16/h4-5,17H,6,16H2,1-3H3. The molecule has 0 fully saturated rings. The molecule has 0 spiro atoms. The van der Waals surface area contributed by atoms with Crippen molar-refractivity contribution in [3.05, 3.63) is 39.4 Å². The Kier molecular flexibility index (Phi) is 3.80. The van der Waals surface area contributed by atoms with Gasteiger partial charge in [0.15, 0.2) is 0 Å². The molecule has 19 heavy (non-hydrogen) atoms. The summed E-state index contributed by atoms with van der Waals surface area (Å²) in [7, 11) is 1.90. The largest absolute Gasteiger partial charge is 0.397 e. The normalized spacial score (nSPS) is 10.8. The molecule has 0 aliphatic heterocycles. The minimum Gasteiger partial charge on any atom is -0.397 e. The van der Waals surface area contributed by atoms with Crippen LogP contribution in [0.2, 0.25) is 0 Å². The quantitative estimate of drug-likeness (QED) is 0.852. The highest BCUT2D eigenvalue weighted by Gasteiger charge is 2.11. The van der Waals surface area contributed by atoms with Crippen LogP contribution < -0.4 is 11.1 Å². The summed E-state index contributed by atoms with van der Waals surface area (Å²) in [5, 5.41) is 7.49. The average Bonchev–Trinajstić information content (AvgIpc) is 2.57. The Balaban J connectivity index is 2.21. The molecule has 0 aliphatic rings. The number of anilines is 2. The summed E-state index contributed by atoms with van der Waals surface area (Å²) >= 11 is 3.11. The summed E-state index contributed by atoms with van der Waals surface area (Å²) in [6, 6.07) is 2.95. The molecule has 1 heterocycles. The second kappa shape index (κ2) is 5.21. The lowest BCUT2D eigenvalue weighted by Crippen LogP contribution is -2.05. The molecule has 0 amide bonds. The minimum atomic E-state index is -0.337. The van der Waals surface area contributed by atoms with E-state index in [-0.39, 0.29) is 5.82 Å². The van der Waals surface area contributed by atoms with Gasteiger partial charge < -0.3 is 11.1 Å². The van der Waals surface area contributed by atoms with Crippen LogP contribution in [-0.2, 0) is 13.6 Å². The smallest absolute Gasteiger partial charge is 0.139 e. The van der Waals surface area contributed by atoms with Crippen molar-refractivity contribution in [1.82, 2.24) is 9.78 Å². The Morgan fingerprint density at radius 1 is 1.42 bits per heavy atom. The topological polar surface area (TPSA) is 55.9 Å². The monoisotopic (exact) mass is 326 g/mol. The van der Waals surface area contributed by atoms with Crippen molar-refractivity contribution < 1.29 is 4.39 Å². The van der Waals surface area contributed by atoms with Crippen molar-refractivity contribution in [3.8, 4) is 0 Å². The summed E-state index contributed by atoms with van der Waals surface area (Å²) in [5.74, 6) is -0.337. The van der Waals surface area contributed by atoms with Crippen LogP contribution in [-0.4, -0.2) is 9.78 Å². The van der Waals surface area contributed by atoms with E-state index in [0.717, 1.165) is 17.0 Å². The number of halogens is 2. The second-order valence-electron chi connectivity index (χ2n) is 4.48. The summed E-state index contributed by atoms with van der Waals surface area (Å²) in [5.41, 5.74) is 10.1. The van der Waals surface area contributed by atoms with Gasteiger partial charge in [0.2, 0.25) is 0 Å². The van der Waals surface area contributed by atoms with Crippen molar-refractivity contribution in [1.29, 1.82) is 0 Å². The summed E-state index contributed by atoms with van der Waals surface area (Å²) in [6.45, 7) is 4.52. The van der Waals surface area contributed by atoms with Crippen LogP contribution in [0.3, 0.4) is 0 Å². The number of nitrogens with two attached hydrogens (primary N) is 1. The maximum atomic E-state index is 13.5.